The summed E-state index contributed by atoms with van der Waals surface area (Å²) < 4.78 is 13.3. The zero-order valence-electron chi connectivity index (χ0n) is 10.9. The summed E-state index contributed by atoms with van der Waals surface area (Å²) in [4.78, 5) is 3.37. The van der Waals surface area contributed by atoms with E-state index in [1.165, 1.54) is 23.1 Å². The minimum Gasteiger partial charge on any atom is -0.295 e. The molecular formula is C15H15FN2S. The first-order valence-corrected chi connectivity index (χ1v) is 6.92. The fraction of sp³-hybridized carbons (Fsp3) is 0.267. The van der Waals surface area contributed by atoms with Crippen molar-refractivity contribution >= 4 is 11.3 Å². The molecule has 1 heterocycles. The maximum absolute atomic E-state index is 13.3. The van der Waals surface area contributed by atoms with Gasteiger partial charge in [-0.25, -0.2) is 4.39 Å². The molecule has 0 fully saturated rings. The molecule has 98 valence electrons. The average molecular weight is 274 g/mol. The number of nitrogens with zero attached hydrogens (tertiary/aromatic N) is 2. The Balaban J connectivity index is 2.17. The molecular weight excluding hydrogens is 259 g/mol. The standard InChI is InChI=1S/C15H15FN2S/c1-11(15-4-3-7-19-15)18(2)10-13-8-14(16)6-5-12(13)9-17/h3-8,11H,10H2,1-2H3. The second-order valence-electron chi connectivity index (χ2n) is 4.52. The Kier molecular flexibility index (Phi) is 4.31. The van der Waals surface area contributed by atoms with Gasteiger partial charge in [0.1, 0.15) is 5.82 Å². The van der Waals surface area contributed by atoms with Crippen LogP contribution in [0.4, 0.5) is 4.39 Å². The van der Waals surface area contributed by atoms with Crippen molar-refractivity contribution in [3.63, 3.8) is 0 Å². The van der Waals surface area contributed by atoms with Crippen LogP contribution in [-0.2, 0) is 6.54 Å². The predicted molar refractivity (Wildman–Crippen MR) is 75.3 cm³/mol. The van der Waals surface area contributed by atoms with E-state index in [-0.39, 0.29) is 11.9 Å². The molecule has 0 bridgehead atoms. The highest BCUT2D eigenvalue weighted by Crippen LogP contribution is 2.25. The molecule has 4 heteroatoms. The molecule has 0 aliphatic heterocycles. The van der Waals surface area contributed by atoms with Crippen LogP contribution in [0.15, 0.2) is 35.7 Å². The molecule has 0 amide bonds. The molecule has 2 aromatic rings. The molecule has 1 aromatic carbocycles. The minimum absolute atomic E-state index is 0.245. The van der Waals surface area contributed by atoms with Crippen LogP contribution in [0.2, 0.25) is 0 Å². The highest BCUT2D eigenvalue weighted by molar-refractivity contribution is 7.10. The van der Waals surface area contributed by atoms with Crippen LogP contribution in [0.25, 0.3) is 0 Å². The number of hydrogen-bond acceptors (Lipinski definition) is 3. The third kappa shape index (κ3) is 3.19. The Hall–Kier alpha value is -1.70. The van der Waals surface area contributed by atoms with Crippen LogP contribution in [-0.4, -0.2) is 11.9 Å². The van der Waals surface area contributed by atoms with Gasteiger partial charge in [-0.3, -0.25) is 4.90 Å². The zero-order chi connectivity index (χ0) is 13.8. The Morgan fingerprint density at radius 2 is 2.21 bits per heavy atom. The SMILES string of the molecule is CC(c1cccs1)N(C)Cc1cc(F)ccc1C#N. The summed E-state index contributed by atoms with van der Waals surface area (Å²) in [6.45, 7) is 2.66. The molecule has 0 radical (unpaired) electrons. The number of nitriles is 1. The molecule has 0 aliphatic carbocycles. The third-order valence-corrected chi connectivity index (χ3v) is 4.27. The van der Waals surface area contributed by atoms with Crippen LogP contribution in [0, 0.1) is 17.1 Å². The van der Waals surface area contributed by atoms with Gasteiger partial charge < -0.3 is 0 Å². The van der Waals surface area contributed by atoms with Crippen molar-refractivity contribution in [3.05, 3.63) is 57.5 Å². The van der Waals surface area contributed by atoms with Gasteiger partial charge in [-0.05, 0) is 49.2 Å². The van der Waals surface area contributed by atoms with E-state index in [2.05, 4.69) is 24.0 Å². The lowest BCUT2D eigenvalue weighted by atomic mass is 10.1. The van der Waals surface area contributed by atoms with Gasteiger partial charge in [0.25, 0.3) is 0 Å². The summed E-state index contributed by atoms with van der Waals surface area (Å²) in [6, 6.07) is 10.8. The second kappa shape index (κ2) is 5.96. The summed E-state index contributed by atoms with van der Waals surface area (Å²) in [5, 5.41) is 11.1. The molecule has 1 atom stereocenters. The summed E-state index contributed by atoms with van der Waals surface area (Å²) in [6.07, 6.45) is 0. The molecule has 0 N–H and O–H groups in total. The largest absolute Gasteiger partial charge is 0.295 e. The van der Waals surface area contributed by atoms with Gasteiger partial charge in [0.15, 0.2) is 0 Å². The molecule has 19 heavy (non-hydrogen) atoms. The van der Waals surface area contributed by atoms with E-state index in [0.29, 0.717) is 12.1 Å². The van der Waals surface area contributed by atoms with Crippen LogP contribution in [0.5, 0.6) is 0 Å². The number of halogens is 1. The van der Waals surface area contributed by atoms with E-state index in [0.717, 1.165) is 5.56 Å². The second-order valence-corrected chi connectivity index (χ2v) is 5.50. The Morgan fingerprint density at radius 1 is 1.42 bits per heavy atom. The molecule has 2 rings (SSSR count). The monoisotopic (exact) mass is 274 g/mol. The van der Waals surface area contributed by atoms with E-state index in [9.17, 15) is 4.39 Å². The van der Waals surface area contributed by atoms with E-state index < -0.39 is 0 Å². The fourth-order valence-electron chi connectivity index (χ4n) is 1.95. The molecule has 1 aromatic heterocycles. The van der Waals surface area contributed by atoms with E-state index in [1.54, 1.807) is 11.3 Å². The highest BCUT2D eigenvalue weighted by atomic mass is 32.1. The number of hydrogen-bond donors (Lipinski definition) is 0. The fourth-order valence-corrected chi connectivity index (χ4v) is 2.80. The lowest BCUT2D eigenvalue weighted by Crippen LogP contribution is -2.21. The minimum atomic E-state index is -0.300. The van der Waals surface area contributed by atoms with E-state index in [1.807, 2.05) is 18.5 Å². The smallest absolute Gasteiger partial charge is 0.123 e. The molecule has 0 saturated carbocycles. The first kappa shape index (κ1) is 13.7. The number of rotatable bonds is 4. The van der Waals surface area contributed by atoms with Crippen LogP contribution in [0.3, 0.4) is 0 Å². The summed E-state index contributed by atoms with van der Waals surface area (Å²) in [5.41, 5.74) is 1.26. The maximum atomic E-state index is 13.3. The van der Waals surface area contributed by atoms with Crippen LogP contribution in [0.1, 0.15) is 29.0 Å². The molecule has 0 aliphatic rings. The molecule has 2 nitrogen and oxygen atoms in total. The van der Waals surface area contributed by atoms with Crippen LogP contribution >= 0.6 is 11.3 Å². The third-order valence-electron chi connectivity index (χ3n) is 3.22. The van der Waals surface area contributed by atoms with Gasteiger partial charge in [-0.1, -0.05) is 6.07 Å². The van der Waals surface area contributed by atoms with Crippen molar-refractivity contribution in [2.45, 2.75) is 19.5 Å². The van der Waals surface area contributed by atoms with Crippen molar-refractivity contribution < 1.29 is 4.39 Å². The van der Waals surface area contributed by atoms with Gasteiger partial charge in [0.05, 0.1) is 11.6 Å². The first-order chi connectivity index (χ1) is 9.11. The van der Waals surface area contributed by atoms with Crippen molar-refractivity contribution in [1.29, 1.82) is 5.26 Å². The highest BCUT2D eigenvalue weighted by Gasteiger charge is 2.14. The van der Waals surface area contributed by atoms with Gasteiger partial charge in [-0.2, -0.15) is 5.26 Å². The Morgan fingerprint density at radius 3 is 2.84 bits per heavy atom. The number of benzene rings is 1. The van der Waals surface area contributed by atoms with E-state index >= 15 is 0 Å². The van der Waals surface area contributed by atoms with Crippen molar-refractivity contribution in [2.75, 3.05) is 7.05 Å². The molecule has 0 spiro atoms. The predicted octanol–water partition coefficient (Wildman–Crippen LogP) is 3.95. The molecule has 1 unspecified atom stereocenters. The van der Waals surface area contributed by atoms with Crippen molar-refractivity contribution in [2.24, 2.45) is 0 Å². The topological polar surface area (TPSA) is 27.0 Å². The zero-order valence-corrected chi connectivity index (χ0v) is 11.7. The van der Waals surface area contributed by atoms with Gasteiger partial charge in [0, 0.05) is 17.5 Å². The summed E-state index contributed by atoms with van der Waals surface area (Å²) >= 11 is 1.70. The quantitative estimate of drug-likeness (QED) is 0.844. The van der Waals surface area contributed by atoms with Crippen molar-refractivity contribution in [1.82, 2.24) is 4.90 Å². The molecule has 0 saturated heterocycles. The normalized spacial score (nSPS) is 12.4. The van der Waals surface area contributed by atoms with Crippen molar-refractivity contribution in [3.8, 4) is 6.07 Å². The van der Waals surface area contributed by atoms with E-state index in [4.69, 9.17) is 5.26 Å². The Bertz CT molecular complexity index is 587. The van der Waals surface area contributed by atoms with Crippen LogP contribution < -0.4 is 0 Å². The Labute approximate surface area is 116 Å². The summed E-state index contributed by atoms with van der Waals surface area (Å²) in [5.74, 6) is -0.300. The average Bonchev–Trinajstić information content (AvgIpc) is 2.92. The maximum Gasteiger partial charge on any atom is 0.123 e. The summed E-state index contributed by atoms with van der Waals surface area (Å²) in [7, 11) is 1.98. The van der Waals surface area contributed by atoms with Gasteiger partial charge in [0.2, 0.25) is 0 Å². The number of thiophene rings is 1. The lowest BCUT2D eigenvalue weighted by molar-refractivity contribution is 0.256. The van der Waals surface area contributed by atoms with Gasteiger partial charge in [-0.15, -0.1) is 11.3 Å². The lowest BCUT2D eigenvalue weighted by Gasteiger charge is -2.24. The van der Waals surface area contributed by atoms with Gasteiger partial charge >= 0.3 is 0 Å². The first-order valence-electron chi connectivity index (χ1n) is 6.04.